The summed E-state index contributed by atoms with van der Waals surface area (Å²) < 4.78 is 0. The first kappa shape index (κ1) is 22.9. The molecule has 5 aliphatic rings. The molecule has 0 aromatic heterocycles. The summed E-state index contributed by atoms with van der Waals surface area (Å²) in [5.41, 5.74) is 2.88. The van der Waals surface area contributed by atoms with Crippen molar-refractivity contribution in [3.05, 3.63) is 12.2 Å². The Kier molecular flexibility index (Phi) is 4.87. The number of Topliss-reactive ketones (excluding diaryl/α,β-unsaturated/α-hetero) is 2. The highest BCUT2D eigenvalue weighted by molar-refractivity contribution is 5.86. The van der Waals surface area contributed by atoms with Crippen LogP contribution in [-0.4, -0.2) is 11.6 Å². The van der Waals surface area contributed by atoms with Gasteiger partial charge in [0.05, 0.1) is 0 Å². The second-order valence-electron chi connectivity index (χ2n) is 14.0. The van der Waals surface area contributed by atoms with E-state index >= 15 is 0 Å². The van der Waals surface area contributed by atoms with E-state index in [9.17, 15) is 9.59 Å². The van der Waals surface area contributed by atoms with Crippen LogP contribution in [0.1, 0.15) is 112 Å². The van der Waals surface area contributed by atoms with Crippen LogP contribution in [0.15, 0.2) is 12.2 Å². The molecule has 32 heavy (non-hydrogen) atoms. The molecule has 0 radical (unpaired) electrons. The minimum Gasteiger partial charge on any atom is -0.299 e. The van der Waals surface area contributed by atoms with Gasteiger partial charge in [-0.15, -0.1) is 0 Å². The second-order valence-corrected chi connectivity index (χ2v) is 14.0. The zero-order chi connectivity index (χ0) is 23.3. The minimum absolute atomic E-state index is 0.121. The Balaban J connectivity index is 1.40. The largest absolute Gasteiger partial charge is 0.299 e. The zero-order valence-corrected chi connectivity index (χ0v) is 21.6. The normalized spacial score (nSPS) is 48.5. The molecule has 5 rings (SSSR count). The summed E-state index contributed by atoms with van der Waals surface area (Å²) in [7, 11) is 0. The maximum atomic E-state index is 12.8. The van der Waals surface area contributed by atoms with E-state index in [0.717, 1.165) is 25.2 Å². The molecule has 178 valence electrons. The van der Waals surface area contributed by atoms with Gasteiger partial charge in [-0.1, -0.05) is 53.7 Å². The van der Waals surface area contributed by atoms with Crippen LogP contribution in [0.2, 0.25) is 0 Å². The lowest BCUT2D eigenvalue weighted by atomic mass is 9.42. The summed E-state index contributed by atoms with van der Waals surface area (Å²) in [4.78, 5) is 25.1. The van der Waals surface area contributed by atoms with E-state index in [-0.39, 0.29) is 11.3 Å². The number of rotatable bonds is 5. The molecule has 2 spiro atoms. The third-order valence-corrected chi connectivity index (χ3v) is 12.7. The number of allylic oxidation sites excluding steroid dienone is 1. The molecule has 5 aliphatic carbocycles. The molecule has 7 unspecified atom stereocenters. The SMILES string of the molecule is C=C(CCC(=O)C(C)C)C1CCC2(C)C3CCC4C(C)(C)C(=O)CCC45CC35CCC12C. The van der Waals surface area contributed by atoms with Gasteiger partial charge in [0.15, 0.2) is 0 Å². The fourth-order valence-electron chi connectivity index (χ4n) is 10.6. The van der Waals surface area contributed by atoms with Crippen molar-refractivity contribution in [2.45, 2.75) is 112 Å². The average molecular weight is 439 g/mol. The number of fused-ring (bicyclic) bond motifs is 2. The molecule has 2 nitrogen and oxygen atoms in total. The van der Waals surface area contributed by atoms with Gasteiger partial charge in [-0.3, -0.25) is 9.59 Å². The molecule has 0 aromatic carbocycles. The molecule has 0 N–H and O–H groups in total. The number of carbonyl (C=O) groups excluding carboxylic acids is 2. The molecule has 2 heteroatoms. The van der Waals surface area contributed by atoms with Crippen LogP contribution >= 0.6 is 0 Å². The van der Waals surface area contributed by atoms with E-state index < -0.39 is 0 Å². The number of hydrogen-bond donors (Lipinski definition) is 0. The average Bonchev–Trinajstić information content (AvgIpc) is 3.31. The lowest BCUT2D eigenvalue weighted by molar-refractivity contribution is -0.154. The van der Waals surface area contributed by atoms with E-state index in [0.29, 0.717) is 51.5 Å². The Morgan fingerprint density at radius 1 is 0.906 bits per heavy atom. The van der Waals surface area contributed by atoms with E-state index in [2.05, 4.69) is 34.3 Å². The maximum absolute atomic E-state index is 12.8. The van der Waals surface area contributed by atoms with Gasteiger partial charge in [0.2, 0.25) is 0 Å². The van der Waals surface area contributed by atoms with E-state index in [1.165, 1.54) is 50.5 Å². The van der Waals surface area contributed by atoms with Gasteiger partial charge in [0.1, 0.15) is 11.6 Å². The second kappa shape index (κ2) is 6.82. The summed E-state index contributed by atoms with van der Waals surface area (Å²) in [6.45, 7) is 18.3. The summed E-state index contributed by atoms with van der Waals surface area (Å²) in [5.74, 6) is 3.02. The molecule has 0 aromatic rings. The molecular weight excluding hydrogens is 392 g/mol. The molecule has 7 atom stereocenters. The lowest BCUT2D eigenvalue weighted by Crippen LogP contribution is -2.56. The van der Waals surface area contributed by atoms with Crippen molar-refractivity contribution in [2.75, 3.05) is 0 Å². The monoisotopic (exact) mass is 438 g/mol. The van der Waals surface area contributed by atoms with Crippen molar-refractivity contribution < 1.29 is 9.59 Å². The van der Waals surface area contributed by atoms with Gasteiger partial charge < -0.3 is 0 Å². The summed E-state index contributed by atoms with van der Waals surface area (Å²) in [5, 5.41) is 0. The Bertz CT molecular complexity index is 866. The topological polar surface area (TPSA) is 34.1 Å². The number of ketones is 2. The van der Waals surface area contributed by atoms with Gasteiger partial charge in [0.25, 0.3) is 0 Å². The minimum atomic E-state index is -0.121. The standard InChI is InChI=1S/C30H46O2/c1-19(2)22(31)9-8-20(3)21-12-14-28(7)24-11-10-23-26(4,5)25(32)13-15-29(23)18-30(24,29)17-16-27(21,28)6/h19,21,23-24H,3,8-18H2,1-2,4-7H3. The summed E-state index contributed by atoms with van der Waals surface area (Å²) in [6.07, 6.45) is 12.7. The van der Waals surface area contributed by atoms with Crippen LogP contribution in [-0.2, 0) is 9.59 Å². The zero-order valence-electron chi connectivity index (χ0n) is 21.6. The molecule has 5 fully saturated rings. The van der Waals surface area contributed by atoms with Gasteiger partial charge in [-0.2, -0.15) is 0 Å². The third kappa shape index (κ3) is 2.59. The molecule has 5 saturated carbocycles. The molecule has 0 bridgehead atoms. The molecule has 0 heterocycles. The van der Waals surface area contributed by atoms with E-state index in [1.807, 2.05) is 13.8 Å². The van der Waals surface area contributed by atoms with E-state index in [4.69, 9.17) is 0 Å². The fraction of sp³-hybridized carbons (Fsp3) is 0.867. The Morgan fingerprint density at radius 2 is 1.56 bits per heavy atom. The first-order valence-electron chi connectivity index (χ1n) is 13.6. The highest BCUT2D eigenvalue weighted by Gasteiger charge is 2.82. The molecule has 0 aliphatic heterocycles. The molecule has 0 saturated heterocycles. The Morgan fingerprint density at radius 3 is 2.25 bits per heavy atom. The molecular formula is C30H46O2. The van der Waals surface area contributed by atoms with Crippen LogP contribution in [0.5, 0.6) is 0 Å². The fourth-order valence-corrected chi connectivity index (χ4v) is 10.6. The summed E-state index contributed by atoms with van der Waals surface area (Å²) in [6, 6.07) is 0. The smallest absolute Gasteiger partial charge is 0.138 e. The predicted molar refractivity (Wildman–Crippen MR) is 130 cm³/mol. The predicted octanol–water partition coefficient (Wildman–Crippen LogP) is 7.56. The van der Waals surface area contributed by atoms with Crippen LogP contribution in [0.3, 0.4) is 0 Å². The van der Waals surface area contributed by atoms with Crippen LogP contribution in [0.25, 0.3) is 0 Å². The maximum Gasteiger partial charge on any atom is 0.138 e. The quantitative estimate of drug-likeness (QED) is 0.415. The number of carbonyl (C=O) groups is 2. The first-order valence-corrected chi connectivity index (χ1v) is 13.6. The van der Waals surface area contributed by atoms with Gasteiger partial charge in [0, 0.05) is 24.2 Å². The number of hydrogen-bond acceptors (Lipinski definition) is 2. The Labute approximate surface area is 196 Å². The van der Waals surface area contributed by atoms with Crippen LogP contribution in [0.4, 0.5) is 0 Å². The van der Waals surface area contributed by atoms with Crippen LogP contribution in [0, 0.1) is 50.7 Å². The van der Waals surface area contributed by atoms with Crippen molar-refractivity contribution in [2.24, 2.45) is 50.7 Å². The van der Waals surface area contributed by atoms with Crippen molar-refractivity contribution >= 4 is 11.6 Å². The highest BCUT2D eigenvalue weighted by Crippen LogP contribution is 2.88. The van der Waals surface area contributed by atoms with Gasteiger partial charge in [-0.25, -0.2) is 0 Å². The first-order chi connectivity index (χ1) is 14.9. The summed E-state index contributed by atoms with van der Waals surface area (Å²) >= 11 is 0. The third-order valence-electron chi connectivity index (χ3n) is 12.7. The van der Waals surface area contributed by atoms with Crippen molar-refractivity contribution in [1.82, 2.24) is 0 Å². The Hall–Kier alpha value is -0.920. The molecule has 0 amide bonds. The van der Waals surface area contributed by atoms with Crippen molar-refractivity contribution in [3.8, 4) is 0 Å². The lowest BCUT2D eigenvalue weighted by Gasteiger charge is -2.62. The van der Waals surface area contributed by atoms with E-state index in [1.54, 1.807) is 0 Å². The highest BCUT2D eigenvalue weighted by atomic mass is 16.1. The van der Waals surface area contributed by atoms with Crippen molar-refractivity contribution in [3.63, 3.8) is 0 Å². The van der Waals surface area contributed by atoms with Gasteiger partial charge >= 0.3 is 0 Å². The van der Waals surface area contributed by atoms with Gasteiger partial charge in [-0.05, 0) is 97.2 Å². The van der Waals surface area contributed by atoms with Crippen molar-refractivity contribution in [1.29, 1.82) is 0 Å². The van der Waals surface area contributed by atoms with Crippen LogP contribution < -0.4 is 0 Å².